The van der Waals surface area contributed by atoms with Crippen LogP contribution in [0.5, 0.6) is 0 Å². The van der Waals surface area contributed by atoms with Crippen LogP contribution in [0.3, 0.4) is 0 Å². The molecular weight excluding hydrogens is 250 g/mol. The summed E-state index contributed by atoms with van der Waals surface area (Å²) in [6, 6.07) is 10.2. The summed E-state index contributed by atoms with van der Waals surface area (Å²) in [5.74, 6) is 0.567. The van der Waals surface area contributed by atoms with Gasteiger partial charge in [-0.05, 0) is 19.1 Å². The number of rotatable bonds is 3. The second kappa shape index (κ2) is 5.13. The Morgan fingerprint density at radius 2 is 2.10 bits per heavy atom. The zero-order valence-electron chi connectivity index (χ0n) is 11.4. The van der Waals surface area contributed by atoms with Crippen molar-refractivity contribution < 1.29 is 0 Å². The average molecular weight is 265 g/mol. The van der Waals surface area contributed by atoms with E-state index in [1.54, 1.807) is 17.1 Å². The molecule has 100 valence electrons. The van der Waals surface area contributed by atoms with Gasteiger partial charge in [-0.15, -0.1) is 0 Å². The normalized spacial score (nSPS) is 10.5. The fourth-order valence-electron chi connectivity index (χ4n) is 2.00. The van der Waals surface area contributed by atoms with E-state index < -0.39 is 0 Å². The zero-order chi connectivity index (χ0) is 13.9. The lowest BCUT2D eigenvalue weighted by Gasteiger charge is -2.05. The molecule has 20 heavy (non-hydrogen) atoms. The minimum atomic E-state index is 0.567. The Hall–Kier alpha value is -2.69. The van der Waals surface area contributed by atoms with Gasteiger partial charge in [0.15, 0.2) is 0 Å². The topological polar surface area (TPSA) is 55.6 Å². The van der Waals surface area contributed by atoms with Crippen molar-refractivity contribution in [2.24, 2.45) is 7.05 Å². The number of aromatic nitrogens is 4. The van der Waals surface area contributed by atoms with Crippen molar-refractivity contribution in [2.45, 2.75) is 6.92 Å². The van der Waals surface area contributed by atoms with Gasteiger partial charge in [0.25, 0.3) is 0 Å². The summed E-state index contributed by atoms with van der Waals surface area (Å²) in [5.41, 5.74) is 4.06. The van der Waals surface area contributed by atoms with Crippen molar-refractivity contribution in [1.82, 2.24) is 19.7 Å². The minimum Gasteiger partial charge on any atom is -0.321 e. The van der Waals surface area contributed by atoms with E-state index in [1.165, 1.54) is 5.56 Å². The molecule has 0 bridgehead atoms. The number of nitrogens with one attached hydrogen (secondary N) is 1. The van der Waals surface area contributed by atoms with Crippen LogP contribution in [0.25, 0.3) is 11.3 Å². The van der Waals surface area contributed by atoms with Crippen LogP contribution in [0.1, 0.15) is 5.56 Å². The molecule has 3 aromatic rings. The standard InChI is InChI=1S/C15H15N5/c1-11-4-3-5-12(8-11)14-6-7-16-15(19-14)18-13-9-17-20(2)10-13/h3-10H,1-2H3,(H,16,18,19). The maximum atomic E-state index is 4.53. The molecule has 0 unspecified atom stereocenters. The molecule has 0 amide bonds. The van der Waals surface area contributed by atoms with E-state index in [0.29, 0.717) is 5.95 Å². The van der Waals surface area contributed by atoms with Crippen LogP contribution in [-0.2, 0) is 7.05 Å². The molecule has 1 aromatic carbocycles. The number of hydrogen-bond donors (Lipinski definition) is 1. The second-order valence-corrected chi connectivity index (χ2v) is 4.66. The van der Waals surface area contributed by atoms with Crippen molar-refractivity contribution in [3.05, 3.63) is 54.5 Å². The van der Waals surface area contributed by atoms with E-state index in [0.717, 1.165) is 16.9 Å². The quantitative estimate of drug-likeness (QED) is 0.791. The molecule has 2 heterocycles. The monoisotopic (exact) mass is 265 g/mol. The molecule has 2 aromatic heterocycles. The van der Waals surface area contributed by atoms with Gasteiger partial charge in [0.1, 0.15) is 0 Å². The third-order valence-corrected chi connectivity index (χ3v) is 2.93. The number of nitrogens with zero attached hydrogens (tertiary/aromatic N) is 4. The molecule has 5 nitrogen and oxygen atoms in total. The molecule has 0 fully saturated rings. The molecular formula is C15H15N5. The van der Waals surface area contributed by atoms with Crippen molar-refractivity contribution >= 4 is 11.6 Å². The van der Waals surface area contributed by atoms with Crippen LogP contribution < -0.4 is 5.32 Å². The summed E-state index contributed by atoms with van der Waals surface area (Å²) in [6.45, 7) is 2.07. The largest absolute Gasteiger partial charge is 0.321 e. The first kappa shape index (κ1) is 12.3. The number of anilines is 2. The lowest BCUT2D eigenvalue weighted by Crippen LogP contribution is -1.97. The number of aryl methyl sites for hydroxylation is 2. The van der Waals surface area contributed by atoms with Gasteiger partial charge < -0.3 is 5.32 Å². The van der Waals surface area contributed by atoms with Gasteiger partial charge in [0, 0.05) is 25.0 Å². The molecule has 0 aliphatic rings. The molecule has 0 aliphatic heterocycles. The highest BCUT2D eigenvalue weighted by Gasteiger charge is 2.04. The zero-order valence-corrected chi connectivity index (χ0v) is 11.4. The predicted octanol–water partition coefficient (Wildman–Crippen LogP) is 2.93. The average Bonchev–Trinajstić information content (AvgIpc) is 2.84. The van der Waals surface area contributed by atoms with E-state index in [9.17, 15) is 0 Å². The van der Waals surface area contributed by atoms with Gasteiger partial charge in [0.2, 0.25) is 5.95 Å². The number of hydrogen-bond acceptors (Lipinski definition) is 4. The predicted molar refractivity (Wildman–Crippen MR) is 78.7 cm³/mol. The Labute approximate surface area is 117 Å². The SMILES string of the molecule is Cc1cccc(-c2ccnc(Nc3cnn(C)c3)n2)c1. The van der Waals surface area contributed by atoms with Crippen molar-refractivity contribution in [1.29, 1.82) is 0 Å². The maximum Gasteiger partial charge on any atom is 0.227 e. The first-order chi connectivity index (χ1) is 9.70. The molecule has 0 spiro atoms. The molecule has 5 heteroatoms. The highest BCUT2D eigenvalue weighted by molar-refractivity contribution is 5.62. The van der Waals surface area contributed by atoms with Crippen molar-refractivity contribution in [3.8, 4) is 11.3 Å². The van der Waals surface area contributed by atoms with E-state index in [4.69, 9.17) is 0 Å². The summed E-state index contributed by atoms with van der Waals surface area (Å²) in [6.07, 6.45) is 5.37. The Balaban J connectivity index is 1.89. The third kappa shape index (κ3) is 2.66. The summed E-state index contributed by atoms with van der Waals surface area (Å²) in [5, 5.41) is 7.25. The van der Waals surface area contributed by atoms with E-state index in [1.807, 2.05) is 31.4 Å². The van der Waals surface area contributed by atoms with Gasteiger partial charge in [-0.1, -0.05) is 23.8 Å². The minimum absolute atomic E-state index is 0.567. The molecule has 1 N–H and O–H groups in total. The Morgan fingerprint density at radius 1 is 1.20 bits per heavy atom. The van der Waals surface area contributed by atoms with Crippen LogP contribution in [0, 0.1) is 6.92 Å². The lowest BCUT2D eigenvalue weighted by atomic mass is 10.1. The van der Waals surface area contributed by atoms with E-state index >= 15 is 0 Å². The Morgan fingerprint density at radius 3 is 2.85 bits per heavy atom. The van der Waals surface area contributed by atoms with Crippen molar-refractivity contribution in [3.63, 3.8) is 0 Å². The highest BCUT2D eigenvalue weighted by Crippen LogP contribution is 2.20. The van der Waals surface area contributed by atoms with Gasteiger partial charge in [-0.2, -0.15) is 5.10 Å². The van der Waals surface area contributed by atoms with Gasteiger partial charge in [0.05, 0.1) is 17.6 Å². The highest BCUT2D eigenvalue weighted by atomic mass is 15.3. The molecule has 0 atom stereocenters. The summed E-state index contributed by atoms with van der Waals surface area (Å²) in [4.78, 5) is 8.76. The molecule has 0 aliphatic carbocycles. The molecule has 0 saturated heterocycles. The summed E-state index contributed by atoms with van der Waals surface area (Å²) >= 11 is 0. The van der Waals surface area contributed by atoms with Gasteiger partial charge >= 0.3 is 0 Å². The Kier molecular flexibility index (Phi) is 3.16. The lowest BCUT2D eigenvalue weighted by molar-refractivity contribution is 0.768. The maximum absolute atomic E-state index is 4.53. The fourth-order valence-corrected chi connectivity index (χ4v) is 2.00. The molecule has 0 radical (unpaired) electrons. The van der Waals surface area contributed by atoms with Gasteiger partial charge in [-0.25, -0.2) is 9.97 Å². The van der Waals surface area contributed by atoms with Crippen LogP contribution in [0.15, 0.2) is 48.9 Å². The van der Waals surface area contributed by atoms with E-state index in [-0.39, 0.29) is 0 Å². The third-order valence-electron chi connectivity index (χ3n) is 2.93. The van der Waals surface area contributed by atoms with Crippen LogP contribution >= 0.6 is 0 Å². The van der Waals surface area contributed by atoms with E-state index in [2.05, 4.69) is 39.4 Å². The summed E-state index contributed by atoms with van der Waals surface area (Å²) < 4.78 is 1.73. The first-order valence-electron chi connectivity index (χ1n) is 6.36. The molecule has 3 rings (SSSR count). The Bertz CT molecular complexity index is 732. The van der Waals surface area contributed by atoms with Gasteiger partial charge in [-0.3, -0.25) is 4.68 Å². The molecule has 0 saturated carbocycles. The fraction of sp³-hybridized carbons (Fsp3) is 0.133. The summed E-state index contributed by atoms with van der Waals surface area (Å²) in [7, 11) is 1.87. The second-order valence-electron chi connectivity index (χ2n) is 4.66. The smallest absolute Gasteiger partial charge is 0.227 e. The van der Waals surface area contributed by atoms with Crippen molar-refractivity contribution in [2.75, 3.05) is 5.32 Å². The van der Waals surface area contributed by atoms with Crippen LogP contribution in [0.4, 0.5) is 11.6 Å². The number of benzene rings is 1. The van der Waals surface area contributed by atoms with Crippen LogP contribution in [0.2, 0.25) is 0 Å². The first-order valence-corrected chi connectivity index (χ1v) is 6.36. The van der Waals surface area contributed by atoms with Crippen LogP contribution in [-0.4, -0.2) is 19.7 Å².